The molecule has 0 aromatic rings. The molecule has 0 aliphatic rings. The third-order valence-electron chi connectivity index (χ3n) is 4.47. The quantitative estimate of drug-likeness (QED) is 0.0856. The highest BCUT2D eigenvalue weighted by molar-refractivity contribution is 4.67. The Balaban J connectivity index is 5.54. The van der Waals surface area contributed by atoms with E-state index in [1.54, 1.807) is 0 Å². The van der Waals surface area contributed by atoms with E-state index in [-0.39, 0.29) is 12.2 Å². The lowest BCUT2D eigenvalue weighted by Crippen LogP contribution is -2.45. The third-order valence-corrected chi connectivity index (χ3v) is 4.47. The predicted molar refractivity (Wildman–Crippen MR) is 127 cm³/mol. The van der Waals surface area contributed by atoms with E-state index >= 15 is 0 Å². The van der Waals surface area contributed by atoms with E-state index < -0.39 is 17.5 Å². The van der Waals surface area contributed by atoms with Gasteiger partial charge in [0.1, 0.15) is 0 Å². The molecule has 0 radical (unpaired) electrons. The first-order valence-electron chi connectivity index (χ1n) is 12.6. The van der Waals surface area contributed by atoms with Crippen molar-refractivity contribution in [1.82, 2.24) is 0 Å². The lowest BCUT2D eigenvalue weighted by molar-refractivity contribution is -0.528. The molecule has 0 saturated heterocycles. The van der Waals surface area contributed by atoms with Crippen LogP contribution in [0.25, 0.3) is 0 Å². The van der Waals surface area contributed by atoms with Gasteiger partial charge in [-0.15, -0.1) is 0 Å². The van der Waals surface area contributed by atoms with Gasteiger partial charge in [0.15, 0.2) is 0 Å². The summed E-state index contributed by atoms with van der Waals surface area (Å²) < 4.78 is 30.7. The van der Waals surface area contributed by atoms with Crippen LogP contribution in [0, 0.1) is 0 Å². The van der Waals surface area contributed by atoms with E-state index in [1.165, 1.54) is 0 Å². The molecule has 0 aromatic heterocycles. The summed E-state index contributed by atoms with van der Waals surface area (Å²) in [5.74, 6) is -2.41. The number of hydrogen-bond acceptors (Lipinski definition) is 7. The largest absolute Gasteiger partial charge is 0.327 e. The molecular weight excluding hydrogens is 412 g/mol. The standard InChI is InChI=1S/C25H52O7/c1-11-15-20-28-25(29-21(5)6,30-22(7)13-3)18-16-17-24(26-14-4,27-19-12-2)32-31-23(8,9)10/h21-22H,11-20H2,1-10H3. The Hall–Kier alpha value is -0.280. The summed E-state index contributed by atoms with van der Waals surface area (Å²) in [6.45, 7) is 21.5. The molecule has 0 fully saturated rings. The Bertz CT molecular complexity index is 452. The molecule has 7 heteroatoms. The average Bonchev–Trinajstić information content (AvgIpc) is 2.70. The van der Waals surface area contributed by atoms with Gasteiger partial charge in [0.05, 0.1) is 31.0 Å². The molecule has 0 spiro atoms. The van der Waals surface area contributed by atoms with E-state index in [2.05, 4.69) is 13.8 Å². The Morgan fingerprint density at radius 2 is 1.28 bits per heavy atom. The van der Waals surface area contributed by atoms with Gasteiger partial charge in [0, 0.05) is 19.4 Å². The Morgan fingerprint density at radius 1 is 0.656 bits per heavy atom. The molecule has 0 N–H and O–H groups in total. The molecule has 0 rings (SSSR count). The number of hydrogen-bond donors (Lipinski definition) is 0. The maximum atomic E-state index is 6.32. The normalized spacial score (nSPS) is 17.3. The van der Waals surface area contributed by atoms with Crippen LogP contribution < -0.4 is 0 Å². The second kappa shape index (κ2) is 16.4. The van der Waals surface area contributed by atoms with Crippen molar-refractivity contribution in [3.63, 3.8) is 0 Å². The van der Waals surface area contributed by atoms with E-state index in [0.717, 1.165) is 25.7 Å². The van der Waals surface area contributed by atoms with Gasteiger partial charge in [-0.1, -0.05) is 27.2 Å². The van der Waals surface area contributed by atoms with Crippen LogP contribution in [0.15, 0.2) is 0 Å². The number of ether oxygens (including phenoxy) is 5. The minimum Gasteiger partial charge on any atom is -0.327 e. The summed E-state index contributed by atoms with van der Waals surface area (Å²) in [6.07, 6.45) is 5.24. The Labute approximate surface area is 197 Å². The molecular formula is C25H52O7. The highest BCUT2D eigenvalue weighted by Gasteiger charge is 2.40. The molecule has 7 nitrogen and oxygen atoms in total. The molecule has 0 aliphatic heterocycles. The first-order chi connectivity index (χ1) is 15.0. The van der Waals surface area contributed by atoms with Crippen LogP contribution in [0.3, 0.4) is 0 Å². The molecule has 0 amide bonds. The summed E-state index contributed by atoms with van der Waals surface area (Å²) in [4.78, 5) is 11.4. The fourth-order valence-electron chi connectivity index (χ4n) is 2.87. The van der Waals surface area contributed by atoms with Crippen molar-refractivity contribution in [2.75, 3.05) is 19.8 Å². The van der Waals surface area contributed by atoms with Gasteiger partial charge in [0.25, 0.3) is 5.97 Å². The first-order valence-corrected chi connectivity index (χ1v) is 12.6. The molecule has 0 bridgehead atoms. The fourth-order valence-corrected chi connectivity index (χ4v) is 2.87. The molecule has 0 aliphatic carbocycles. The van der Waals surface area contributed by atoms with Gasteiger partial charge in [-0.25, -0.2) is 4.89 Å². The van der Waals surface area contributed by atoms with Crippen LogP contribution in [0.2, 0.25) is 0 Å². The SMILES string of the molecule is CCCCOC(CCCC(OCC)(OCCC)OOC(C)(C)C)(OC(C)C)OC(C)CC. The zero-order valence-corrected chi connectivity index (χ0v) is 22.6. The lowest BCUT2D eigenvalue weighted by Gasteiger charge is -2.38. The summed E-state index contributed by atoms with van der Waals surface area (Å²) >= 11 is 0. The average molecular weight is 465 g/mol. The highest BCUT2D eigenvalue weighted by Crippen LogP contribution is 2.32. The van der Waals surface area contributed by atoms with Gasteiger partial charge in [-0.05, 0) is 74.1 Å². The van der Waals surface area contributed by atoms with Gasteiger partial charge in [-0.2, -0.15) is 4.89 Å². The van der Waals surface area contributed by atoms with Crippen molar-refractivity contribution in [3.05, 3.63) is 0 Å². The zero-order valence-electron chi connectivity index (χ0n) is 22.6. The van der Waals surface area contributed by atoms with Crippen LogP contribution >= 0.6 is 0 Å². The minimum atomic E-state index is -1.29. The third kappa shape index (κ3) is 14.1. The summed E-state index contributed by atoms with van der Waals surface area (Å²) in [5.41, 5.74) is -0.495. The smallest absolute Gasteiger partial charge is 0.312 e. The minimum absolute atomic E-state index is 0.00356. The molecule has 32 heavy (non-hydrogen) atoms. The molecule has 0 saturated carbocycles. The molecule has 194 valence electrons. The summed E-state index contributed by atoms with van der Waals surface area (Å²) in [6, 6.07) is 0. The predicted octanol–water partition coefficient (Wildman–Crippen LogP) is 6.73. The van der Waals surface area contributed by atoms with Gasteiger partial charge in [-0.3, -0.25) is 0 Å². The van der Waals surface area contributed by atoms with Crippen LogP contribution in [-0.4, -0.2) is 49.6 Å². The van der Waals surface area contributed by atoms with E-state index in [9.17, 15) is 0 Å². The van der Waals surface area contributed by atoms with Crippen LogP contribution in [0.5, 0.6) is 0 Å². The second-order valence-electron chi connectivity index (χ2n) is 9.49. The number of rotatable bonds is 20. The van der Waals surface area contributed by atoms with Crippen LogP contribution in [-0.2, 0) is 33.5 Å². The Morgan fingerprint density at radius 3 is 1.78 bits per heavy atom. The molecule has 0 heterocycles. The second-order valence-corrected chi connectivity index (χ2v) is 9.49. The van der Waals surface area contributed by atoms with E-state index in [1.807, 2.05) is 55.4 Å². The van der Waals surface area contributed by atoms with E-state index in [0.29, 0.717) is 39.1 Å². The number of unbranched alkanes of at least 4 members (excludes halogenated alkanes) is 1. The maximum absolute atomic E-state index is 6.32. The lowest BCUT2D eigenvalue weighted by atomic mass is 10.1. The summed E-state index contributed by atoms with van der Waals surface area (Å²) in [5, 5.41) is 0. The summed E-state index contributed by atoms with van der Waals surface area (Å²) in [7, 11) is 0. The van der Waals surface area contributed by atoms with E-state index in [4.69, 9.17) is 33.5 Å². The monoisotopic (exact) mass is 464 g/mol. The van der Waals surface area contributed by atoms with Crippen molar-refractivity contribution in [1.29, 1.82) is 0 Å². The van der Waals surface area contributed by atoms with Gasteiger partial charge >= 0.3 is 5.97 Å². The first kappa shape index (κ1) is 31.7. The molecule has 3 unspecified atom stereocenters. The highest BCUT2D eigenvalue weighted by atomic mass is 17.3. The Kier molecular flexibility index (Phi) is 16.2. The molecule has 0 aromatic carbocycles. The van der Waals surface area contributed by atoms with Crippen molar-refractivity contribution < 1.29 is 33.5 Å². The molecule has 3 atom stereocenters. The topological polar surface area (TPSA) is 64.6 Å². The van der Waals surface area contributed by atoms with Crippen molar-refractivity contribution in [2.24, 2.45) is 0 Å². The fraction of sp³-hybridized carbons (Fsp3) is 1.00. The van der Waals surface area contributed by atoms with Crippen molar-refractivity contribution in [2.45, 2.75) is 144 Å². The zero-order chi connectivity index (χ0) is 24.7. The van der Waals surface area contributed by atoms with Gasteiger partial charge < -0.3 is 23.7 Å². The van der Waals surface area contributed by atoms with Gasteiger partial charge in [0.2, 0.25) is 0 Å². The van der Waals surface area contributed by atoms with Crippen LogP contribution in [0.1, 0.15) is 114 Å². The van der Waals surface area contributed by atoms with Crippen molar-refractivity contribution >= 4 is 0 Å². The van der Waals surface area contributed by atoms with Crippen LogP contribution in [0.4, 0.5) is 0 Å². The van der Waals surface area contributed by atoms with Crippen molar-refractivity contribution in [3.8, 4) is 0 Å². The maximum Gasteiger partial charge on any atom is 0.312 e.